The summed E-state index contributed by atoms with van der Waals surface area (Å²) in [6, 6.07) is 7.72. The van der Waals surface area contributed by atoms with Gasteiger partial charge in [0.05, 0.1) is 30.3 Å². The van der Waals surface area contributed by atoms with Gasteiger partial charge < -0.3 is 15.1 Å². The summed E-state index contributed by atoms with van der Waals surface area (Å²) in [5.41, 5.74) is 1.07. The number of likely N-dealkylation sites (tertiary alicyclic amines) is 1. The van der Waals surface area contributed by atoms with Gasteiger partial charge in [-0.2, -0.15) is 5.10 Å². The van der Waals surface area contributed by atoms with Gasteiger partial charge in [-0.1, -0.05) is 31.5 Å². The lowest BCUT2D eigenvalue weighted by molar-refractivity contribution is -0.141. The zero-order valence-electron chi connectivity index (χ0n) is 14.0. The predicted molar refractivity (Wildman–Crippen MR) is 91.4 cm³/mol. The second kappa shape index (κ2) is 6.91. The van der Waals surface area contributed by atoms with E-state index in [2.05, 4.69) is 10.2 Å². The van der Waals surface area contributed by atoms with Crippen molar-refractivity contribution in [3.63, 3.8) is 0 Å². The van der Waals surface area contributed by atoms with Crippen LogP contribution < -0.4 is 0 Å². The van der Waals surface area contributed by atoms with E-state index in [4.69, 9.17) is 0 Å². The first-order chi connectivity index (χ1) is 11.6. The molecule has 0 spiro atoms. The van der Waals surface area contributed by atoms with Gasteiger partial charge >= 0.3 is 0 Å². The molecule has 1 aromatic heterocycles. The molecule has 130 valence electrons. The number of benzene rings is 1. The van der Waals surface area contributed by atoms with Gasteiger partial charge in [0.1, 0.15) is 0 Å². The number of aromatic amines is 1. The molecule has 3 N–H and O–H groups in total. The first kappa shape index (κ1) is 16.9. The minimum atomic E-state index is -0.598. The number of H-pyrrole nitrogens is 1. The summed E-state index contributed by atoms with van der Waals surface area (Å²) in [4.78, 5) is 14.5. The highest BCUT2D eigenvalue weighted by molar-refractivity contribution is 5.87. The number of rotatable bonds is 5. The van der Waals surface area contributed by atoms with Crippen LogP contribution in [0.1, 0.15) is 31.9 Å². The molecule has 24 heavy (non-hydrogen) atoms. The molecule has 1 aliphatic heterocycles. The highest BCUT2D eigenvalue weighted by Gasteiger charge is 2.42. The van der Waals surface area contributed by atoms with Crippen molar-refractivity contribution in [3.05, 3.63) is 30.0 Å². The number of amides is 1. The molecule has 2 atom stereocenters. The van der Waals surface area contributed by atoms with Crippen molar-refractivity contribution in [1.29, 1.82) is 0 Å². The van der Waals surface area contributed by atoms with Crippen molar-refractivity contribution >= 4 is 16.8 Å². The number of aliphatic hydroxyl groups is 2. The van der Waals surface area contributed by atoms with E-state index in [0.29, 0.717) is 25.9 Å². The van der Waals surface area contributed by atoms with Crippen LogP contribution in [0.4, 0.5) is 0 Å². The lowest BCUT2D eigenvalue weighted by Crippen LogP contribution is -2.55. The van der Waals surface area contributed by atoms with Gasteiger partial charge in [-0.3, -0.25) is 9.89 Å². The molecule has 1 aromatic carbocycles. The summed E-state index contributed by atoms with van der Waals surface area (Å²) < 4.78 is 0. The van der Waals surface area contributed by atoms with Crippen LogP contribution in [-0.2, 0) is 11.2 Å². The molecule has 1 amide bonds. The maximum atomic E-state index is 12.7. The maximum absolute atomic E-state index is 12.7. The SMILES string of the molecule is CCC[C@@]1(CO)CN(C(=O)Cc2[nH]nc3ccccc23)CC[C@H]1O. The molecule has 0 unspecified atom stereocenters. The van der Waals surface area contributed by atoms with E-state index >= 15 is 0 Å². The summed E-state index contributed by atoms with van der Waals surface area (Å²) in [6.45, 7) is 2.86. The molecule has 0 radical (unpaired) electrons. The molecule has 0 bridgehead atoms. The molecule has 6 heteroatoms. The second-order valence-corrected chi connectivity index (χ2v) is 6.79. The first-order valence-corrected chi connectivity index (χ1v) is 8.58. The molecule has 1 aliphatic rings. The predicted octanol–water partition coefficient (Wildman–Crippen LogP) is 1.48. The van der Waals surface area contributed by atoms with Crippen LogP contribution in [0.5, 0.6) is 0 Å². The molecule has 3 rings (SSSR count). The van der Waals surface area contributed by atoms with Crippen LogP contribution in [0.2, 0.25) is 0 Å². The Hall–Kier alpha value is -1.92. The van der Waals surface area contributed by atoms with E-state index in [1.54, 1.807) is 4.90 Å². The van der Waals surface area contributed by atoms with Gasteiger partial charge in [0, 0.05) is 23.9 Å². The fraction of sp³-hybridized carbons (Fsp3) is 0.556. The van der Waals surface area contributed by atoms with Gasteiger partial charge in [-0.05, 0) is 18.9 Å². The number of fused-ring (bicyclic) bond motifs is 1. The van der Waals surface area contributed by atoms with Crippen molar-refractivity contribution in [2.75, 3.05) is 19.7 Å². The molecule has 6 nitrogen and oxygen atoms in total. The standard InChI is InChI=1S/C18H25N3O3/c1-2-8-18(12-22)11-21(9-7-16(18)23)17(24)10-15-13-5-3-4-6-14(13)19-20-15/h3-6,16,22-23H,2,7-12H2,1H3,(H,19,20)/t16-,18+/m1/s1. The Labute approximate surface area is 141 Å². The van der Waals surface area contributed by atoms with Crippen LogP contribution in [0.3, 0.4) is 0 Å². The zero-order chi connectivity index (χ0) is 17.2. The lowest BCUT2D eigenvalue weighted by Gasteiger charge is -2.45. The van der Waals surface area contributed by atoms with Crippen molar-refractivity contribution in [1.82, 2.24) is 15.1 Å². The van der Waals surface area contributed by atoms with Gasteiger partial charge in [0.15, 0.2) is 0 Å². The Kier molecular flexibility index (Phi) is 4.87. The Morgan fingerprint density at radius 2 is 2.25 bits per heavy atom. The minimum absolute atomic E-state index is 0.00484. The van der Waals surface area contributed by atoms with E-state index < -0.39 is 11.5 Å². The Balaban J connectivity index is 1.75. The Morgan fingerprint density at radius 3 is 3.00 bits per heavy atom. The number of aromatic nitrogens is 2. The van der Waals surface area contributed by atoms with Crippen molar-refractivity contribution in [2.24, 2.45) is 5.41 Å². The molecular weight excluding hydrogens is 306 g/mol. The fourth-order valence-corrected chi connectivity index (χ4v) is 3.75. The number of hydrogen-bond acceptors (Lipinski definition) is 4. The second-order valence-electron chi connectivity index (χ2n) is 6.79. The third kappa shape index (κ3) is 3.03. The number of nitrogens with zero attached hydrogens (tertiary/aromatic N) is 2. The quantitative estimate of drug-likeness (QED) is 0.774. The van der Waals surface area contributed by atoms with Gasteiger partial charge in [-0.15, -0.1) is 0 Å². The molecule has 2 heterocycles. The van der Waals surface area contributed by atoms with E-state index in [0.717, 1.165) is 23.0 Å². The third-order valence-electron chi connectivity index (χ3n) is 5.17. The van der Waals surface area contributed by atoms with Crippen LogP contribution >= 0.6 is 0 Å². The molecule has 0 saturated carbocycles. The number of carbonyl (C=O) groups is 1. The molecule has 0 aliphatic carbocycles. The number of carbonyl (C=O) groups excluding carboxylic acids is 1. The summed E-state index contributed by atoms with van der Waals surface area (Å²) in [6.07, 6.45) is 1.78. The fourth-order valence-electron chi connectivity index (χ4n) is 3.75. The van der Waals surface area contributed by atoms with Gasteiger partial charge in [0.25, 0.3) is 0 Å². The normalized spacial score (nSPS) is 24.5. The summed E-state index contributed by atoms with van der Waals surface area (Å²) in [5, 5.41) is 28.3. The monoisotopic (exact) mass is 331 g/mol. The molecule has 1 fully saturated rings. The van der Waals surface area contributed by atoms with Gasteiger partial charge in [0.2, 0.25) is 5.91 Å². The average molecular weight is 331 g/mol. The van der Waals surface area contributed by atoms with Crippen LogP contribution in [0.15, 0.2) is 24.3 Å². The molecular formula is C18H25N3O3. The summed E-state index contributed by atoms with van der Waals surface area (Å²) >= 11 is 0. The van der Waals surface area contributed by atoms with E-state index in [-0.39, 0.29) is 18.9 Å². The maximum Gasteiger partial charge on any atom is 0.228 e. The number of aliphatic hydroxyl groups excluding tert-OH is 2. The topological polar surface area (TPSA) is 89.5 Å². The van der Waals surface area contributed by atoms with Crippen LogP contribution in [0, 0.1) is 5.41 Å². The van der Waals surface area contributed by atoms with Crippen molar-refractivity contribution in [3.8, 4) is 0 Å². The third-order valence-corrected chi connectivity index (χ3v) is 5.17. The van der Waals surface area contributed by atoms with Crippen molar-refractivity contribution < 1.29 is 15.0 Å². The highest BCUT2D eigenvalue weighted by Crippen LogP contribution is 2.35. The van der Waals surface area contributed by atoms with Crippen LogP contribution in [-0.4, -0.2) is 57.0 Å². The van der Waals surface area contributed by atoms with Gasteiger partial charge in [-0.25, -0.2) is 0 Å². The average Bonchev–Trinajstić information content (AvgIpc) is 3.00. The van der Waals surface area contributed by atoms with E-state index in [1.807, 2.05) is 31.2 Å². The number of para-hydroxylation sites is 1. The number of nitrogens with one attached hydrogen (secondary N) is 1. The Bertz CT molecular complexity index is 714. The van der Waals surface area contributed by atoms with E-state index in [9.17, 15) is 15.0 Å². The van der Waals surface area contributed by atoms with Crippen LogP contribution in [0.25, 0.3) is 10.9 Å². The number of piperidine rings is 1. The smallest absolute Gasteiger partial charge is 0.228 e. The highest BCUT2D eigenvalue weighted by atomic mass is 16.3. The lowest BCUT2D eigenvalue weighted by atomic mass is 9.74. The minimum Gasteiger partial charge on any atom is -0.396 e. The zero-order valence-corrected chi connectivity index (χ0v) is 14.0. The molecule has 1 saturated heterocycles. The summed E-state index contributed by atoms with van der Waals surface area (Å²) in [5.74, 6) is 0.00484. The largest absolute Gasteiger partial charge is 0.396 e. The summed E-state index contributed by atoms with van der Waals surface area (Å²) in [7, 11) is 0. The molecule has 2 aromatic rings. The number of hydrogen-bond donors (Lipinski definition) is 3. The van der Waals surface area contributed by atoms with E-state index in [1.165, 1.54) is 0 Å². The van der Waals surface area contributed by atoms with Crippen molar-refractivity contribution in [2.45, 2.75) is 38.7 Å². The Morgan fingerprint density at radius 1 is 1.46 bits per heavy atom. The first-order valence-electron chi connectivity index (χ1n) is 8.58.